The Bertz CT molecular complexity index is 1480. The molecule has 41 heavy (non-hydrogen) atoms. The SMILES string of the molecule is CC[C@@H](C)NC(=O)[C@H](C)N(Cc1ccccc1Cl)C(=O)CN(c1cc(C)ccc1OC)S(=O)(=O)c1ccc(C)cc1. The van der Waals surface area contributed by atoms with Gasteiger partial charge in [0.05, 0.1) is 17.7 Å². The maximum Gasteiger partial charge on any atom is 0.264 e. The normalized spacial score (nSPS) is 12.8. The number of sulfonamides is 1. The van der Waals surface area contributed by atoms with Crippen LogP contribution in [0.3, 0.4) is 0 Å². The fourth-order valence-corrected chi connectivity index (χ4v) is 5.82. The highest BCUT2D eigenvalue weighted by Gasteiger charge is 2.34. The minimum absolute atomic E-state index is 0.0109. The van der Waals surface area contributed by atoms with E-state index in [0.29, 0.717) is 22.8 Å². The Morgan fingerprint density at radius 1 is 0.976 bits per heavy atom. The van der Waals surface area contributed by atoms with Crippen molar-refractivity contribution in [1.29, 1.82) is 0 Å². The zero-order chi connectivity index (χ0) is 30.3. The Morgan fingerprint density at radius 3 is 2.22 bits per heavy atom. The minimum atomic E-state index is -4.22. The second kappa shape index (κ2) is 13.9. The fraction of sp³-hybridized carbons (Fsp3) is 0.355. The van der Waals surface area contributed by atoms with Crippen LogP contribution in [-0.4, -0.2) is 50.9 Å². The molecule has 220 valence electrons. The van der Waals surface area contributed by atoms with Gasteiger partial charge in [0, 0.05) is 17.6 Å². The van der Waals surface area contributed by atoms with E-state index in [1.54, 1.807) is 61.5 Å². The molecule has 0 unspecified atom stereocenters. The minimum Gasteiger partial charge on any atom is -0.495 e. The predicted octanol–water partition coefficient (Wildman–Crippen LogP) is 5.49. The molecule has 0 saturated carbocycles. The lowest BCUT2D eigenvalue weighted by Gasteiger charge is -2.33. The quantitative estimate of drug-likeness (QED) is 0.297. The van der Waals surface area contributed by atoms with Gasteiger partial charge in [-0.1, -0.05) is 60.5 Å². The average molecular weight is 600 g/mol. The predicted molar refractivity (Wildman–Crippen MR) is 163 cm³/mol. The first-order chi connectivity index (χ1) is 19.4. The molecular weight excluding hydrogens is 562 g/mol. The Hall–Kier alpha value is -3.56. The van der Waals surface area contributed by atoms with Crippen LogP contribution < -0.4 is 14.4 Å². The number of nitrogens with one attached hydrogen (secondary N) is 1. The summed E-state index contributed by atoms with van der Waals surface area (Å²) in [6.07, 6.45) is 0.715. The molecule has 0 spiro atoms. The number of benzene rings is 3. The van der Waals surface area contributed by atoms with Crippen molar-refractivity contribution in [3.63, 3.8) is 0 Å². The van der Waals surface area contributed by atoms with Gasteiger partial charge < -0.3 is 15.0 Å². The molecule has 2 amide bonds. The van der Waals surface area contributed by atoms with E-state index in [9.17, 15) is 18.0 Å². The molecule has 0 aliphatic carbocycles. The summed E-state index contributed by atoms with van der Waals surface area (Å²) in [5.74, 6) is -0.629. The summed E-state index contributed by atoms with van der Waals surface area (Å²) >= 11 is 6.43. The van der Waals surface area contributed by atoms with Crippen LogP contribution in [0.1, 0.15) is 43.9 Å². The number of nitrogens with zero attached hydrogens (tertiary/aromatic N) is 2. The Morgan fingerprint density at radius 2 is 1.61 bits per heavy atom. The first-order valence-electron chi connectivity index (χ1n) is 13.5. The van der Waals surface area contributed by atoms with Crippen molar-refractivity contribution in [2.75, 3.05) is 18.0 Å². The van der Waals surface area contributed by atoms with E-state index in [1.165, 1.54) is 24.1 Å². The van der Waals surface area contributed by atoms with Gasteiger partial charge >= 0.3 is 0 Å². The first kappa shape index (κ1) is 32.0. The van der Waals surface area contributed by atoms with E-state index in [2.05, 4.69) is 5.32 Å². The number of carbonyl (C=O) groups excluding carboxylic acids is 2. The van der Waals surface area contributed by atoms with E-state index < -0.39 is 28.5 Å². The van der Waals surface area contributed by atoms with Crippen molar-refractivity contribution in [3.8, 4) is 5.75 Å². The Kier molecular flexibility index (Phi) is 10.8. The van der Waals surface area contributed by atoms with Gasteiger partial charge in [0.2, 0.25) is 11.8 Å². The number of anilines is 1. The number of aryl methyl sites for hydroxylation is 2. The monoisotopic (exact) mass is 599 g/mol. The highest BCUT2D eigenvalue weighted by Crippen LogP contribution is 2.34. The van der Waals surface area contributed by atoms with Gasteiger partial charge in [-0.05, 0) is 75.6 Å². The van der Waals surface area contributed by atoms with Crippen LogP contribution in [0.15, 0.2) is 71.6 Å². The van der Waals surface area contributed by atoms with Crippen LogP contribution in [0.25, 0.3) is 0 Å². The number of hydrogen-bond donors (Lipinski definition) is 1. The molecule has 0 fully saturated rings. The fourth-order valence-electron chi connectivity index (χ4n) is 4.20. The number of carbonyl (C=O) groups is 2. The van der Waals surface area contributed by atoms with Crippen molar-refractivity contribution in [3.05, 3.63) is 88.4 Å². The van der Waals surface area contributed by atoms with Gasteiger partial charge in [0.15, 0.2) is 0 Å². The maximum atomic E-state index is 14.1. The van der Waals surface area contributed by atoms with E-state index in [0.717, 1.165) is 15.4 Å². The second-order valence-corrected chi connectivity index (χ2v) is 12.4. The van der Waals surface area contributed by atoms with Crippen LogP contribution in [0.5, 0.6) is 5.75 Å². The lowest BCUT2D eigenvalue weighted by atomic mass is 10.1. The molecule has 0 aliphatic heterocycles. The summed E-state index contributed by atoms with van der Waals surface area (Å²) in [5.41, 5.74) is 2.53. The summed E-state index contributed by atoms with van der Waals surface area (Å²) in [7, 11) is -2.78. The van der Waals surface area contributed by atoms with E-state index in [-0.39, 0.29) is 29.1 Å². The zero-order valence-electron chi connectivity index (χ0n) is 24.3. The van der Waals surface area contributed by atoms with Gasteiger partial charge in [-0.25, -0.2) is 8.42 Å². The molecule has 0 radical (unpaired) electrons. The molecule has 0 heterocycles. The van der Waals surface area contributed by atoms with E-state index in [4.69, 9.17) is 16.3 Å². The Labute approximate surface area is 248 Å². The summed E-state index contributed by atoms with van der Waals surface area (Å²) in [6, 6.07) is 17.6. The third kappa shape index (κ3) is 7.80. The van der Waals surface area contributed by atoms with Crippen molar-refractivity contribution in [2.24, 2.45) is 0 Å². The molecule has 0 saturated heterocycles. The van der Waals surface area contributed by atoms with Crippen LogP contribution >= 0.6 is 11.6 Å². The number of rotatable bonds is 12. The standard InChI is InChI=1S/C31H38ClN3O5S/c1-7-23(4)33-31(37)24(5)34(19-25-10-8-9-11-27(25)32)30(36)20-35(28-18-22(3)14-17-29(28)40-6)41(38,39)26-15-12-21(2)13-16-26/h8-18,23-24H,7,19-20H2,1-6H3,(H,33,37)/t23-,24+/m1/s1. The topological polar surface area (TPSA) is 96.0 Å². The van der Waals surface area contributed by atoms with Crippen LogP contribution in [0, 0.1) is 13.8 Å². The number of amides is 2. The number of hydrogen-bond acceptors (Lipinski definition) is 5. The Balaban J connectivity index is 2.11. The summed E-state index contributed by atoms with van der Waals surface area (Å²) in [4.78, 5) is 28.7. The van der Waals surface area contributed by atoms with Gasteiger partial charge in [0.25, 0.3) is 10.0 Å². The van der Waals surface area contributed by atoms with Crippen molar-refractivity contribution in [2.45, 2.75) is 64.6 Å². The lowest BCUT2D eigenvalue weighted by molar-refractivity contribution is -0.139. The summed E-state index contributed by atoms with van der Waals surface area (Å²) < 4.78 is 34.7. The lowest BCUT2D eigenvalue weighted by Crippen LogP contribution is -2.52. The molecule has 3 rings (SSSR count). The zero-order valence-corrected chi connectivity index (χ0v) is 25.9. The molecule has 0 aromatic heterocycles. The number of methoxy groups -OCH3 is 1. The number of halogens is 1. The average Bonchev–Trinajstić information content (AvgIpc) is 2.95. The highest BCUT2D eigenvalue weighted by molar-refractivity contribution is 7.92. The van der Waals surface area contributed by atoms with Crippen molar-refractivity contribution in [1.82, 2.24) is 10.2 Å². The van der Waals surface area contributed by atoms with Crippen LogP contribution in [0.4, 0.5) is 5.69 Å². The molecule has 2 atom stereocenters. The van der Waals surface area contributed by atoms with Gasteiger partial charge in [-0.2, -0.15) is 0 Å². The summed E-state index contributed by atoms with van der Waals surface area (Å²) in [6.45, 7) is 8.58. The smallest absolute Gasteiger partial charge is 0.264 e. The van der Waals surface area contributed by atoms with Gasteiger partial charge in [-0.3, -0.25) is 13.9 Å². The van der Waals surface area contributed by atoms with Gasteiger partial charge in [0.1, 0.15) is 18.3 Å². The molecule has 0 bridgehead atoms. The van der Waals surface area contributed by atoms with Crippen molar-refractivity contribution >= 4 is 39.1 Å². The first-order valence-corrected chi connectivity index (χ1v) is 15.3. The molecule has 3 aromatic rings. The molecular formula is C31H38ClN3O5S. The molecule has 1 N–H and O–H groups in total. The molecule has 10 heteroatoms. The van der Waals surface area contributed by atoms with Crippen LogP contribution in [-0.2, 0) is 26.2 Å². The summed E-state index contributed by atoms with van der Waals surface area (Å²) in [5, 5.41) is 3.35. The van der Waals surface area contributed by atoms with Crippen molar-refractivity contribution < 1.29 is 22.7 Å². The second-order valence-electron chi connectivity index (χ2n) is 10.1. The van der Waals surface area contributed by atoms with Gasteiger partial charge in [-0.15, -0.1) is 0 Å². The molecule has 3 aromatic carbocycles. The third-order valence-corrected chi connectivity index (χ3v) is 9.10. The third-order valence-electron chi connectivity index (χ3n) is 6.96. The largest absolute Gasteiger partial charge is 0.495 e. The van der Waals surface area contributed by atoms with Crippen LogP contribution in [0.2, 0.25) is 5.02 Å². The molecule has 0 aliphatic rings. The van der Waals surface area contributed by atoms with E-state index >= 15 is 0 Å². The number of ether oxygens (including phenoxy) is 1. The highest BCUT2D eigenvalue weighted by atomic mass is 35.5. The maximum absolute atomic E-state index is 14.1. The van der Waals surface area contributed by atoms with E-state index in [1.807, 2.05) is 27.7 Å². The molecule has 8 nitrogen and oxygen atoms in total.